The molecule has 37 heavy (non-hydrogen) atoms. The molecule has 6 nitrogen and oxygen atoms in total. The smallest absolute Gasteiger partial charge is 0.269 e. The number of aryl methyl sites for hydroxylation is 2. The van der Waals surface area contributed by atoms with Crippen LogP contribution in [0.5, 0.6) is 5.75 Å². The first-order chi connectivity index (χ1) is 18.0. The molecule has 188 valence electrons. The Labute approximate surface area is 217 Å². The van der Waals surface area contributed by atoms with Crippen molar-refractivity contribution in [3.05, 3.63) is 95.2 Å². The second-order valence-corrected chi connectivity index (χ2v) is 9.27. The zero-order valence-electron chi connectivity index (χ0n) is 21.7. The maximum atomic E-state index is 13.2. The van der Waals surface area contributed by atoms with E-state index >= 15 is 0 Å². The molecule has 0 N–H and O–H groups in total. The average molecular weight is 494 g/mol. The summed E-state index contributed by atoms with van der Waals surface area (Å²) in [6.07, 6.45) is 0.560. The minimum atomic E-state index is -0.269. The van der Waals surface area contributed by atoms with Crippen LogP contribution >= 0.6 is 0 Å². The molecule has 0 bridgehead atoms. The van der Waals surface area contributed by atoms with Crippen LogP contribution in [0.25, 0.3) is 22.0 Å². The minimum Gasteiger partial charge on any atom is -0.494 e. The van der Waals surface area contributed by atoms with Crippen LogP contribution in [0.15, 0.2) is 77.9 Å². The molecule has 0 aliphatic carbocycles. The summed E-state index contributed by atoms with van der Waals surface area (Å²) in [4.78, 5) is 18.1. The molecule has 0 fully saturated rings. The van der Waals surface area contributed by atoms with Crippen LogP contribution in [0.3, 0.4) is 0 Å². The molecule has 2 heterocycles. The Bertz CT molecular complexity index is 1480. The lowest BCUT2D eigenvalue weighted by molar-refractivity contribution is -0.137. The van der Waals surface area contributed by atoms with Crippen molar-refractivity contribution in [1.29, 1.82) is 0 Å². The number of carbonyl (C=O) groups is 1. The summed E-state index contributed by atoms with van der Waals surface area (Å²) < 4.78 is 10.9. The van der Waals surface area contributed by atoms with Gasteiger partial charge in [0.2, 0.25) is 0 Å². The third-order valence-electron chi connectivity index (χ3n) is 6.69. The van der Waals surface area contributed by atoms with E-state index < -0.39 is 0 Å². The molecule has 1 unspecified atom stereocenters. The van der Waals surface area contributed by atoms with Gasteiger partial charge in [0.15, 0.2) is 0 Å². The predicted octanol–water partition coefficient (Wildman–Crippen LogP) is 6.24. The highest BCUT2D eigenvalue weighted by Gasteiger charge is 2.35. The number of aromatic nitrogens is 1. The number of amides is 1. The molecular weight excluding hydrogens is 462 g/mol. The maximum Gasteiger partial charge on any atom is 0.269 e. The van der Waals surface area contributed by atoms with E-state index in [0.717, 1.165) is 50.3 Å². The Morgan fingerprint density at radius 3 is 2.54 bits per heavy atom. The molecule has 1 atom stereocenters. The van der Waals surface area contributed by atoms with E-state index in [1.54, 1.807) is 5.01 Å². The molecular formula is C31H31N3O3. The number of rotatable bonds is 7. The molecule has 1 aromatic heterocycles. The number of para-hydroxylation sites is 1. The molecule has 0 spiro atoms. The Morgan fingerprint density at radius 1 is 1.00 bits per heavy atom. The number of carbonyl (C=O) groups excluding carboxylic acids is 1. The fraction of sp³-hybridized carbons (Fsp3) is 0.258. The van der Waals surface area contributed by atoms with Crippen molar-refractivity contribution in [2.45, 2.75) is 33.2 Å². The first-order valence-corrected chi connectivity index (χ1v) is 12.6. The standard InChI is InChI=1S/C31H31N3O3/c1-5-37-24-10-8-9-23(17-24)28-18-27(33-34(28)29(35)19-36-4)30-21(3)32-26-12-7-6-11-25(26)31(30)22-15-13-20(2)14-16-22/h6-17,28H,5,18-19H2,1-4H3. The van der Waals surface area contributed by atoms with Crippen molar-refractivity contribution in [1.82, 2.24) is 9.99 Å². The topological polar surface area (TPSA) is 64.0 Å². The monoisotopic (exact) mass is 493 g/mol. The highest BCUT2D eigenvalue weighted by molar-refractivity contribution is 6.14. The van der Waals surface area contributed by atoms with Crippen molar-refractivity contribution in [3.63, 3.8) is 0 Å². The van der Waals surface area contributed by atoms with Gasteiger partial charge in [0, 0.05) is 35.7 Å². The number of nitrogens with zero attached hydrogens (tertiary/aromatic N) is 3. The lowest BCUT2D eigenvalue weighted by atomic mass is 9.89. The number of methoxy groups -OCH3 is 1. The Kier molecular flexibility index (Phi) is 7.01. The fourth-order valence-electron chi connectivity index (χ4n) is 5.03. The molecule has 0 saturated carbocycles. The summed E-state index contributed by atoms with van der Waals surface area (Å²) in [6.45, 7) is 6.59. The van der Waals surface area contributed by atoms with Crippen LogP contribution in [-0.4, -0.2) is 41.9 Å². The van der Waals surface area contributed by atoms with Gasteiger partial charge in [-0.1, -0.05) is 60.2 Å². The van der Waals surface area contributed by atoms with E-state index in [1.165, 1.54) is 12.7 Å². The van der Waals surface area contributed by atoms with Crippen LogP contribution in [0.2, 0.25) is 0 Å². The van der Waals surface area contributed by atoms with E-state index in [4.69, 9.17) is 19.6 Å². The van der Waals surface area contributed by atoms with Crippen molar-refractivity contribution >= 4 is 22.5 Å². The van der Waals surface area contributed by atoms with Gasteiger partial charge in [-0.2, -0.15) is 5.10 Å². The zero-order chi connectivity index (χ0) is 25.9. The largest absolute Gasteiger partial charge is 0.494 e. The highest BCUT2D eigenvalue weighted by Crippen LogP contribution is 2.40. The molecule has 1 amide bonds. The maximum absolute atomic E-state index is 13.2. The molecule has 4 aromatic rings. The predicted molar refractivity (Wildman–Crippen MR) is 147 cm³/mol. The molecule has 1 aliphatic heterocycles. The summed E-state index contributed by atoms with van der Waals surface area (Å²) in [7, 11) is 1.52. The van der Waals surface area contributed by atoms with Gasteiger partial charge in [-0.3, -0.25) is 9.78 Å². The van der Waals surface area contributed by atoms with E-state index in [-0.39, 0.29) is 18.6 Å². The number of ether oxygens (including phenoxy) is 2. The molecule has 0 saturated heterocycles. The normalized spacial score (nSPS) is 15.2. The molecule has 5 rings (SSSR count). The van der Waals surface area contributed by atoms with Gasteiger partial charge in [-0.05, 0) is 50.1 Å². The van der Waals surface area contributed by atoms with Gasteiger partial charge in [-0.25, -0.2) is 5.01 Å². The summed E-state index contributed by atoms with van der Waals surface area (Å²) in [5.41, 5.74) is 7.98. The number of hydrogen-bond acceptors (Lipinski definition) is 5. The fourth-order valence-corrected chi connectivity index (χ4v) is 5.03. The molecule has 0 radical (unpaired) electrons. The van der Waals surface area contributed by atoms with Gasteiger partial charge >= 0.3 is 0 Å². The molecule has 1 aliphatic rings. The van der Waals surface area contributed by atoms with E-state index in [9.17, 15) is 4.79 Å². The lowest BCUT2D eigenvalue weighted by Crippen LogP contribution is -2.30. The summed E-state index contributed by atoms with van der Waals surface area (Å²) in [6, 6.07) is 24.3. The Balaban J connectivity index is 1.68. The number of hydrogen-bond donors (Lipinski definition) is 0. The summed E-state index contributed by atoms with van der Waals surface area (Å²) in [5.74, 6) is 0.587. The highest BCUT2D eigenvalue weighted by atomic mass is 16.5. The van der Waals surface area contributed by atoms with E-state index in [1.807, 2.05) is 56.3 Å². The third-order valence-corrected chi connectivity index (χ3v) is 6.69. The molecule has 6 heteroatoms. The number of pyridine rings is 1. The Morgan fingerprint density at radius 2 is 1.78 bits per heavy atom. The van der Waals surface area contributed by atoms with Crippen molar-refractivity contribution < 1.29 is 14.3 Å². The van der Waals surface area contributed by atoms with Gasteiger partial charge in [0.25, 0.3) is 5.91 Å². The zero-order valence-corrected chi connectivity index (χ0v) is 21.7. The average Bonchev–Trinajstić information content (AvgIpc) is 3.34. The number of hydrazone groups is 1. The van der Waals surface area contributed by atoms with Crippen LogP contribution in [0.1, 0.15) is 41.8 Å². The molecule has 3 aromatic carbocycles. The number of fused-ring (bicyclic) bond motifs is 1. The van der Waals surface area contributed by atoms with Crippen LogP contribution in [0, 0.1) is 13.8 Å². The van der Waals surface area contributed by atoms with Crippen molar-refractivity contribution in [3.8, 4) is 16.9 Å². The summed E-state index contributed by atoms with van der Waals surface area (Å²) >= 11 is 0. The van der Waals surface area contributed by atoms with Crippen LogP contribution < -0.4 is 4.74 Å². The van der Waals surface area contributed by atoms with Gasteiger partial charge in [0.1, 0.15) is 12.4 Å². The number of benzene rings is 3. The van der Waals surface area contributed by atoms with Crippen LogP contribution in [0.4, 0.5) is 0 Å². The second-order valence-electron chi connectivity index (χ2n) is 9.27. The van der Waals surface area contributed by atoms with Crippen LogP contribution in [-0.2, 0) is 9.53 Å². The van der Waals surface area contributed by atoms with Gasteiger partial charge in [0.05, 0.1) is 23.9 Å². The summed E-state index contributed by atoms with van der Waals surface area (Å²) in [5, 5.41) is 7.55. The van der Waals surface area contributed by atoms with E-state index in [0.29, 0.717) is 13.0 Å². The first kappa shape index (κ1) is 24.7. The van der Waals surface area contributed by atoms with Gasteiger partial charge < -0.3 is 9.47 Å². The quantitative estimate of drug-likeness (QED) is 0.306. The van der Waals surface area contributed by atoms with E-state index in [2.05, 4.69) is 37.3 Å². The van der Waals surface area contributed by atoms with Crippen molar-refractivity contribution in [2.24, 2.45) is 5.10 Å². The third kappa shape index (κ3) is 4.85. The SMILES string of the molecule is CCOc1cccc(C2CC(c3c(C)nc4ccccc4c3-c3ccc(C)cc3)=NN2C(=O)COC)c1. The van der Waals surface area contributed by atoms with Gasteiger partial charge in [-0.15, -0.1) is 0 Å². The second kappa shape index (κ2) is 10.5. The Hall–Kier alpha value is -4.03. The van der Waals surface area contributed by atoms with Crippen molar-refractivity contribution in [2.75, 3.05) is 20.3 Å². The lowest BCUT2D eigenvalue weighted by Gasteiger charge is -2.22. The minimum absolute atomic E-state index is 0.0434. The first-order valence-electron chi connectivity index (χ1n) is 12.6.